The summed E-state index contributed by atoms with van der Waals surface area (Å²) in [6.07, 6.45) is 0.685. The second kappa shape index (κ2) is 4.09. The van der Waals surface area contributed by atoms with Gasteiger partial charge in [0.2, 0.25) is 0 Å². The maximum Gasteiger partial charge on any atom is 0.327 e. The van der Waals surface area contributed by atoms with Crippen LogP contribution in [0.3, 0.4) is 0 Å². The lowest BCUT2D eigenvalue weighted by Crippen LogP contribution is -2.34. The molecule has 0 heterocycles. The maximum atomic E-state index is 12.6. The molecule has 0 radical (unpaired) electrons. The SMILES string of the molecule is COC(=O)C1(S(=O)(=O)c2cc(C)ccc2C)CC1. The predicted molar refractivity (Wildman–Crippen MR) is 67.1 cm³/mol. The summed E-state index contributed by atoms with van der Waals surface area (Å²) in [5.41, 5.74) is 1.52. The lowest BCUT2D eigenvalue weighted by atomic mass is 10.2. The number of carbonyl (C=O) groups is 1. The van der Waals surface area contributed by atoms with Crippen molar-refractivity contribution in [1.29, 1.82) is 0 Å². The van der Waals surface area contributed by atoms with Crippen LogP contribution in [0, 0.1) is 13.8 Å². The average Bonchev–Trinajstić information content (AvgIpc) is 3.12. The number of benzene rings is 1. The Labute approximate surface area is 107 Å². The van der Waals surface area contributed by atoms with Crippen LogP contribution in [0.5, 0.6) is 0 Å². The van der Waals surface area contributed by atoms with Crippen LogP contribution in [0.1, 0.15) is 24.0 Å². The molecule has 5 heteroatoms. The molecule has 0 N–H and O–H groups in total. The fourth-order valence-electron chi connectivity index (χ4n) is 2.09. The number of carbonyl (C=O) groups excluding carboxylic acids is 1. The van der Waals surface area contributed by atoms with Gasteiger partial charge in [0.1, 0.15) is 0 Å². The average molecular weight is 268 g/mol. The highest BCUT2D eigenvalue weighted by molar-refractivity contribution is 7.94. The van der Waals surface area contributed by atoms with Gasteiger partial charge >= 0.3 is 5.97 Å². The zero-order chi connectivity index (χ0) is 13.6. The van der Waals surface area contributed by atoms with Crippen molar-refractivity contribution in [1.82, 2.24) is 0 Å². The second-order valence-corrected chi connectivity index (χ2v) is 6.99. The minimum absolute atomic E-state index is 0.241. The topological polar surface area (TPSA) is 60.4 Å². The van der Waals surface area contributed by atoms with Crippen molar-refractivity contribution in [2.24, 2.45) is 0 Å². The molecule has 1 saturated carbocycles. The van der Waals surface area contributed by atoms with Crippen molar-refractivity contribution >= 4 is 15.8 Å². The van der Waals surface area contributed by atoms with E-state index in [4.69, 9.17) is 0 Å². The van der Waals surface area contributed by atoms with Crippen LogP contribution >= 0.6 is 0 Å². The summed E-state index contributed by atoms with van der Waals surface area (Å²) in [5, 5.41) is 0. The Balaban J connectivity index is 2.56. The summed E-state index contributed by atoms with van der Waals surface area (Å²) in [4.78, 5) is 12.0. The van der Waals surface area contributed by atoms with E-state index < -0.39 is 20.6 Å². The highest BCUT2D eigenvalue weighted by atomic mass is 32.2. The molecule has 1 aliphatic rings. The molecule has 0 spiro atoms. The third kappa shape index (κ3) is 1.73. The molecule has 2 rings (SSSR count). The fourth-order valence-corrected chi connectivity index (χ4v) is 4.29. The number of hydrogen-bond acceptors (Lipinski definition) is 4. The van der Waals surface area contributed by atoms with E-state index in [2.05, 4.69) is 4.74 Å². The van der Waals surface area contributed by atoms with Crippen LogP contribution < -0.4 is 0 Å². The third-order valence-electron chi connectivity index (χ3n) is 3.41. The quantitative estimate of drug-likeness (QED) is 0.784. The van der Waals surface area contributed by atoms with Crippen molar-refractivity contribution in [2.75, 3.05) is 7.11 Å². The van der Waals surface area contributed by atoms with Crippen LogP contribution in [0.2, 0.25) is 0 Å². The minimum atomic E-state index is -3.67. The summed E-state index contributed by atoms with van der Waals surface area (Å²) in [6.45, 7) is 3.57. The molecule has 0 aliphatic heterocycles. The van der Waals surface area contributed by atoms with Crippen molar-refractivity contribution in [3.8, 4) is 0 Å². The molecule has 4 nitrogen and oxygen atoms in total. The highest BCUT2D eigenvalue weighted by Crippen LogP contribution is 2.48. The number of aryl methyl sites for hydroxylation is 2. The standard InChI is InChI=1S/C13H16O4S/c1-9-4-5-10(2)11(8-9)18(15,16)13(6-7-13)12(14)17-3/h4-5,8H,6-7H2,1-3H3. The van der Waals surface area contributed by atoms with Gasteiger partial charge in [0, 0.05) is 0 Å². The Bertz CT molecular complexity index is 597. The number of esters is 1. The Morgan fingerprint density at radius 1 is 1.28 bits per heavy atom. The van der Waals surface area contributed by atoms with E-state index in [0.717, 1.165) is 5.56 Å². The molecule has 0 atom stereocenters. The number of methoxy groups -OCH3 is 1. The van der Waals surface area contributed by atoms with Gasteiger partial charge in [0.05, 0.1) is 12.0 Å². The van der Waals surface area contributed by atoms with Crippen molar-refractivity contribution in [3.63, 3.8) is 0 Å². The first-order chi connectivity index (χ1) is 8.35. The number of sulfone groups is 1. The molecule has 1 aliphatic carbocycles. The fraction of sp³-hybridized carbons (Fsp3) is 0.462. The van der Waals surface area contributed by atoms with E-state index in [-0.39, 0.29) is 4.90 Å². The molecule has 0 saturated heterocycles. The Hall–Kier alpha value is -1.36. The van der Waals surface area contributed by atoms with Gasteiger partial charge in [-0.1, -0.05) is 12.1 Å². The first-order valence-corrected chi connectivity index (χ1v) is 7.24. The van der Waals surface area contributed by atoms with E-state index in [9.17, 15) is 13.2 Å². The van der Waals surface area contributed by atoms with Crippen molar-refractivity contribution < 1.29 is 17.9 Å². The smallest absolute Gasteiger partial charge is 0.327 e. The first kappa shape index (κ1) is 13.1. The third-order valence-corrected chi connectivity index (χ3v) is 6.03. The highest BCUT2D eigenvalue weighted by Gasteiger charge is 2.62. The summed E-state index contributed by atoms with van der Waals surface area (Å²) in [7, 11) is -2.44. The number of rotatable bonds is 3. The predicted octanol–water partition coefficient (Wildman–Crippen LogP) is 1.78. The van der Waals surface area contributed by atoms with Crippen molar-refractivity contribution in [2.45, 2.75) is 36.3 Å². The van der Waals surface area contributed by atoms with Gasteiger partial charge in [0.25, 0.3) is 0 Å². The van der Waals surface area contributed by atoms with E-state index in [1.165, 1.54) is 7.11 Å². The molecule has 0 amide bonds. The lowest BCUT2D eigenvalue weighted by Gasteiger charge is -2.16. The van der Waals surface area contributed by atoms with E-state index in [1.54, 1.807) is 19.1 Å². The van der Waals surface area contributed by atoms with Gasteiger partial charge in [-0.2, -0.15) is 0 Å². The zero-order valence-corrected chi connectivity index (χ0v) is 11.5. The van der Waals surface area contributed by atoms with Crippen molar-refractivity contribution in [3.05, 3.63) is 29.3 Å². The van der Waals surface area contributed by atoms with Gasteiger partial charge in [-0.25, -0.2) is 8.42 Å². The maximum absolute atomic E-state index is 12.6. The first-order valence-electron chi connectivity index (χ1n) is 5.75. The molecule has 0 aromatic heterocycles. The molecule has 0 bridgehead atoms. The lowest BCUT2D eigenvalue weighted by molar-refractivity contribution is -0.140. The largest absolute Gasteiger partial charge is 0.468 e. The molecule has 1 aromatic rings. The van der Waals surface area contributed by atoms with Gasteiger partial charge in [0.15, 0.2) is 14.6 Å². The van der Waals surface area contributed by atoms with Gasteiger partial charge in [-0.15, -0.1) is 0 Å². The second-order valence-electron chi connectivity index (χ2n) is 4.76. The molecule has 18 heavy (non-hydrogen) atoms. The molecule has 98 valence electrons. The van der Waals surface area contributed by atoms with E-state index in [1.807, 2.05) is 13.0 Å². The zero-order valence-electron chi connectivity index (χ0n) is 10.7. The Morgan fingerprint density at radius 2 is 1.89 bits per heavy atom. The molecule has 1 fully saturated rings. The molecular formula is C13H16O4S. The summed E-state index contributed by atoms with van der Waals surface area (Å²) in [5.74, 6) is -0.650. The summed E-state index contributed by atoms with van der Waals surface area (Å²) < 4.78 is 28.5. The normalized spacial score (nSPS) is 17.3. The van der Waals surface area contributed by atoms with E-state index >= 15 is 0 Å². The van der Waals surface area contributed by atoms with E-state index in [0.29, 0.717) is 18.4 Å². The minimum Gasteiger partial charge on any atom is -0.468 e. The summed E-state index contributed by atoms with van der Waals surface area (Å²) in [6, 6.07) is 5.23. The monoisotopic (exact) mass is 268 g/mol. The van der Waals surface area contributed by atoms with Gasteiger partial charge < -0.3 is 4.74 Å². The molecule has 0 unspecified atom stereocenters. The van der Waals surface area contributed by atoms with Crippen LogP contribution in [0.15, 0.2) is 23.1 Å². The van der Waals surface area contributed by atoms with Crippen LogP contribution in [-0.4, -0.2) is 26.2 Å². The van der Waals surface area contributed by atoms with Crippen LogP contribution in [-0.2, 0) is 19.4 Å². The number of ether oxygens (including phenoxy) is 1. The Kier molecular flexibility index (Phi) is 2.97. The Morgan fingerprint density at radius 3 is 2.39 bits per heavy atom. The van der Waals surface area contributed by atoms with Gasteiger partial charge in [-0.05, 0) is 43.9 Å². The summed E-state index contributed by atoms with van der Waals surface area (Å²) >= 11 is 0. The van der Waals surface area contributed by atoms with Crippen LogP contribution in [0.4, 0.5) is 0 Å². The van der Waals surface area contributed by atoms with Gasteiger partial charge in [-0.3, -0.25) is 4.79 Å². The molecule has 1 aromatic carbocycles. The van der Waals surface area contributed by atoms with Crippen LogP contribution in [0.25, 0.3) is 0 Å². The molecular weight excluding hydrogens is 252 g/mol. The number of hydrogen-bond donors (Lipinski definition) is 0.